The van der Waals surface area contributed by atoms with E-state index in [-0.39, 0.29) is 0 Å². The molecule has 0 bridgehead atoms. The molecule has 0 saturated carbocycles. The van der Waals surface area contributed by atoms with Gasteiger partial charge in [-0.05, 0) is 0 Å². The lowest BCUT2D eigenvalue weighted by molar-refractivity contribution is 0.109. The molecule has 0 radical (unpaired) electrons. The highest BCUT2D eigenvalue weighted by molar-refractivity contribution is 5.67. The van der Waals surface area contributed by atoms with Crippen LogP contribution in [0.1, 0.15) is 5.56 Å². The van der Waals surface area contributed by atoms with Crippen molar-refractivity contribution >= 4 is 11.8 Å². The highest BCUT2D eigenvalue weighted by Crippen LogP contribution is 2.22. The van der Waals surface area contributed by atoms with E-state index in [2.05, 4.69) is 27.9 Å². The van der Waals surface area contributed by atoms with Gasteiger partial charge in [-0.3, -0.25) is 10.9 Å². The number of hydrogen-bond donors (Lipinski definition) is 3. The van der Waals surface area contributed by atoms with Crippen LogP contribution in [0.2, 0.25) is 0 Å². The predicted molar refractivity (Wildman–Crippen MR) is 78.6 cm³/mol. The Hall–Kier alpha value is -2.41. The Morgan fingerprint density at radius 2 is 1.76 bits per heavy atom. The van der Waals surface area contributed by atoms with Crippen LogP contribution in [-0.2, 0) is 0 Å². The van der Waals surface area contributed by atoms with E-state index >= 15 is 0 Å². The third-order valence-corrected chi connectivity index (χ3v) is 3.72. The normalized spacial score (nSPS) is 19.5. The molecule has 1 aromatic carbocycles. The SMILES string of the molecule is CN1NC(c2ccccc2)=C(N2CCN(C(=O)O)CC2)N1. The second-order valence-corrected chi connectivity index (χ2v) is 5.13. The molecule has 2 heterocycles. The van der Waals surface area contributed by atoms with Crippen LogP contribution in [0.5, 0.6) is 0 Å². The monoisotopic (exact) mass is 289 g/mol. The van der Waals surface area contributed by atoms with Crippen molar-refractivity contribution in [2.75, 3.05) is 33.2 Å². The number of nitrogens with zero attached hydrogens (tertiary/aromatic N) is 3. The van der Waals surface area contributed by atoms with Gasteiger partial charge in [0.25, 0.3) is 0 Å². The Bertz CT molecular complexity index is 552. The van der Waals surface area contributed by atoms with E-state index in [9.17, 15) is 4.79 Å². The Balaban J connectivity index is 1.80. The van der Waals surface area contributed by atoms with Gasteiger partial charge in [0.15, 0.2) is 0 Å². The van der Waals surface area contributed by atoms with Gasteiger partial charge in [-0.15, -0.1) is 5.12 Å². The Morgan fingerprint density at radius 1 is 1.10 bits per heavy atom. The van der Waals surface area contributed by atoms with E-state index in [1.807, 2.05) is 25.2 Å². The van der Waals surface area contributed by atoms with Crippen molar-refractivity contribution < 1.29 is 9.90 Å². The van der Waals surface area contributed by atoms with Gasteiger partial charge >= 0.3 is 6.09 Å². The maximum atomic E-state index is 11.0. The highest BCUT2D eigenvalue weighted by Gasteiger charge is 2.28. The molecule has 7 nitrogen and oxygen atoms in total. The molecule has 1 saturated heterocycles. The maximum absolute atomic E-state index is 11.0. The summed E-state index contributed by atoms with van der Waals surface area (Å²) in [7, 11) is 1.91. The summed E-state index contributed by atoms with van der Waals surface area (Å²) >= 11 is 0. The van der Waals surface area contributed by atoms with Crippen molar-refractivity contribution in [3.63, 3.8) is 0 Å². The van der Waals surface area contributed by atoms with Gasteiger partial charge in [0.1, 0.15) is 5.82 Å². The molecule has 3 rings (SSSR count). The number of carbonyl (C=O) groups is 1. The van der Waals surface area contributed by atoms with Crippen LogP contribution >= 0.6 is 0 Å². The first-order valence-electron chi connectivity index (χ1n) is 6.94. The Morgan fingerprint density at radius 3 is 2.38 bits per heavy atom. The fourth-order valence-electron chi connectivity index (χ4n) is 2.62. The van der Waals surface area contributed by atoms with Gasteiger partial charge in [-0.25, -0.2) is 4.79 Å². The first-order valence-corrected chi connectivity index (χ1v) is 6.94. The molecule has 21 heavy (non-hydrogen) atoms. The topological polar surface area (TPSA) is 71.1 Å². The number of benzene rings is 1. The summed E-state index contributed by atoms with van der Waals surface area (Å²) in [6.45, 7) is 2.40. The molecule has 1 amide bonds. The summed E-state index contributed by atoms with van der Waals surface area (Å²) in [6, 6.07) is 10.1. The van der Waals surface area contributed by atoms with Crippen molar-refractivity contribution in [2.24, 2.45) is 0 Å². The Labute approximate surface area is 123 Å². The second-order valence-electron chi connectivity index (χ2n) is 5.13. The van der Waals surface area contributed by atoms with Gasteiger partial charge in [-0.1, -0.05) is 30.3 Å². The summed E-state index contributed by atoms with van der Waals surface area (Å²) < 4.78 is 0. The quantitative estimate of drug-likeness (QED) is 0.739. The highest BCUT2D eigenvalue weighted by atomic mass is 16.4. The van der Waals surface area contributed by atoms with Gasteiger partial charge < -0.3 is 14.9 Å². The Kier molecular flexibility index (Phi) is 3.57. The van der Waals surface area contributed by atoms with Crippen LogP contribution in [0.3, 0.4) is 0 Å². The zero-order valence-corrected chi connectivity index (χ0v) is 11.9. The third-order valence-electron chi connectivity index (χ3n) is 3.72. The van der Waals surface area contributed by atoms with E-state index in [0.29, 0.717) is 26.2 Å². The smallest absolute Gasteiger partial charge is 0.407 e. The molecule has 0 atom stereocenters. The summed E-state index contributed by atoms with van der Waals surface area (Å²) in [4.78, 5) is 14.6. The van der Waals surface area contributed by atoms with Crippen molar-refractivity contribution in [1.82, 2.24) is 25.8 Å². The molecule has 0 unspecified atom stereocenters. The van der Waals surface area contributed by atoms with E-state index in [1.165, 1.54) is 4.90 Å². The largest absolute Gasteiger partial charge is 0.465 e. The van der Waals surface area contributed by atoms with Crippen LogP contribution in [-0.4, -0.2) is 59.3 Å². The van der Waals surface area contributed by atoms with Crippen molar-refractivity contribution in [3.8, 4) is 0 Å². The number of piperazine rings is 1. The van der Waals surface area contributed by atoms with Gasteiger partial charge in [0.2, 0.25) is 0 Å². The van der Waals surface area contributed by atoms with Crippen molar-refractivity contribution in [2.45, 2.75) is 0 Å². The first-order chi connectivity index (χ1) is 10.1. The number of amides is 1. The lowest BCUT2D eigenvalue weighted by Crippen LogP contribution is -2.50. The average molecular weight is 289 g/mol. The van der Waals surface area contributed by atoms with Gasteiger partial charge in [-0.2, -0.15) is 0 Å². The van der Waals surface area contributed by atoms with Gasteiger partial charge in [0, 0.05) is 38.8 Å². The van der Waals surface area contributed by atoms with E-state index in [4.69, 9.17) is 5.11 Å². The minimum atomic E-state index is -0.846. The van der Waals surface area contributed by atoms with Crippen LogP contribution in [0.25, 0.3) is 5.70 Å². The molecule has 112 valence electrons. The molecule has 0 spiro atoms. The molecule has 7 heteroatoms. The zero-order chi connectivity index (χ0) is 14.8. The standard InChI is InChI=1S/C14H19N5O2/c1-17-15-12(11-5-3-2-4-6-11)13(16-17)18-7-9-19(10-8-18)14(20)21/h2-6,15-16H,7-10H2,1H3,(H,20,21). The molecule has 1 fully saturated rings. The zero-order valence-electron chi connectivity index (χ0n) is 11.9. The van der Waals surface area contributed by atoms with Crippen molar-refractivity contribution in [3.05, 3.63) is 41.7 Å². The van der Waals surface area contributed by atoms with Crippen LogP contribution in [0, 0.1) is 0 Å². The molecular formula is C14H19N5O2. The van der Waals surface area contributed by atoms with E-state index in [0.717, 1.165) is 17.1 Å². The molecule has 2 aliphatic heterocycles. The van der Waals surface area contributed by atoms with Crippen molar-refractivity contribution in [1.29, 1.82) is 0 Å². The lowest BCUT2D eigenvalue weighted by atomic mass is 10.1. The summed E-state index contributed by atoms with van der Waals surface area (Å²) in [6.07, 6.45) is -0.846. The first kappa shape index (κ1) is 13.6. The molecule has 0 aromatic heterocycles. The molecular weight excluding hydrogens is 270 g/mol. The average Bonchev–Trinajstić information content (AvgIpc) is 2.90. The molecule has 2 aliphatic rings. The van der Waals surface area contributed by atoms with E-state index < -0.39 is 6.09 Å². The predicted octanol–water partition coefficient (Wildman–Crippen LogP) is 0.563. The summed E-state index contributed by atoms with van der Waals surface area (Å²) in [5.74, 6) is 0.994. The fraction of sp³-hybridized carbons (Fsp3) is 0.357. The molecule has 3 N–H and O–H groups in total. The number of hydrogen-bond acceptors (Lipinski definition) is 5. The fourth-order valence-corrected chi connectivity index (χ4v) is 2.62. The number of rotatable bonds is 2. The van der Waals surface area contributed by atoms with Crippen LogP contribution < -0.4 is 10.9 Å². The van der Waals surface area contributed by atoms with Gasteiger partial charge in [0.05, 0.1) is 5.70 Å². The second kappa shape index (κ2) is 5.53. The summed E-state index contributed by atoms with van der Waals surface area (Å²) in [5, 5.41) is 10.8. The van der Waals surface area contributed by atoms with Crippen LogP contribution in [0.15, 0.2) is 36.2 Å². The number of hydrazine groups is 2. The lowest BCUT2D eigenvalue weighted by Gasteiger charge is -2.35. The number of nitrogens with one attached hydrogen (secondary N) is 2. The van der Waals surface area contributed by atoms with Crippen LogP contribution in [0.4, 0.5) is 4.79 Å². The summed E-state index contributed by atoms with van der Waals surface area (Å²) in [5.41, 5.74) is 8.68. The molecule has 1 aromatic rings. The third kappa shape index (κ3) is 2.73. The number of carboxylic acid groups (broad SMARTS) is 1. The minimum Gasteiger partial charge on any atom is -0.465 e. The minimum absolute atomic E-state index is 0.520. The maximum Gasteiger partial charge on any atom is 0.407 e. The molecule has 0 aliphatic carbocycles. The van der Waals surface area contributed by atoms with E-state index in [1.54, 1.807) is 5.12 Å².